The van der Waals surface area contributed by atoms with Crippen molar-refractivity contribution in [3.05, 3.63) is 227 Å². The van der Waals surface area contributed by atoms with Gasteiger partial charge in [-0.1, -0.05) is 147 Å². The molecule has 8 aromatic rings. The number of allylic oxidation sites excluding steroid dienone is 2. The van der Waals surface area contributed by atoms with E-state index < -0.39 is 8.07 Å². The first-order valence-electron chi connectivity index (χ1n) is 20.6. The summed E-state index contributed by atoms with van der Waals surface area (Å²) in [5, 5.41) is 2.77. The number of hydrogen-bond donors (Lipinski definition) is 0. The van der Waals surface area contributed by atoms with E-state index in [1.807, 2.05) is 13.8 Å². The predicted octanol–water partition coefficient (Wildman–Crippen LogP) is 15.2. The van der Waals surface area contributed by atoms with Gasteiger partial charge in [-0.3, -0.25) is 0 Å². The first-order chi connectivity index (χ1) is 28.7. The van der Waals surface area contributed by atoms with Crippen molar-refractivity contribution in [2.75, 3.05) is 0 Å². The molecule has 2 radical (unpaired) electrons. The molecule has 2 heterocycles. The lowest BCUT2D eigenvalue weighted by atomic mass is 9.91. The fourth-order valence-corrected chi connectivity index (χ4v) is 13.4. The van der Waals surface area contributed by atoms with Gasteiger partial charge in [0.2, 0.25) is 0 Å². The highest BCUT2D eigenvalue weighted by molar-refractivity contribution is 7.11. The van der Waals surface area contributed by atoms with E-state index in [9.17, 15) is 0 Å². The molecule has 286 valence electrons. The van der Waals surface area contributed by atoms with Crippen LogP contribution < -0.4 is 0 Å². The van der Waals surface area contributed by atoms with Crippen LogP contribution in [0.5, 0.6) is 0 Å². The zero-order chi connectivity index (χ0) is 40.4. The molecule has 0 N–H and O–H groups in total. The second kappa shape index (κ2) is 14.4. The van der Waals surface area contributed by atoms with Gasteiger partial charge in [-0.25, -0.2) is 0 Å². The molecule has 0 fully saturated rings. The van der Waals surface area contributed by atoms with E-state index in [1.165, 1.54) is 99.4 Å². The molecule has 0 amide bonds. The number of hydrogen-bond acceptors (Lipinski definition) is 2. The monoisotopic (exact) mass is 778 g/mol. The highest BCUT2D eigenvalue weighted by Crippen LogP contribution is 2.57. The first-order valence-corrected chi connectivity index (χ1v) is 23.6. The van der Waals surface area contributed by atoms with Crippen LogP contribution in [0, 0.1) is 40.5 Å². The zero-order valence-corrected chi connectivity index (χ0v) is 35.5. The fourth-order valence-electron chi connectivity index (χ4n) is 9.58. The van der Waals surface area contributed by atoms with Crippen molar-refractivity contribution < 1.29 is 8.83 Å². The summed E-state index contributed by atoms with van der Waals surface area (Å²) in [6.07, 6.45) is 4.77. The third kappa shape index (κ3) is 6.32. The number of rotatable bonds is 8. The summed E-state index contributed by atoms with van der Waals surface area (Å²) < 4.78 is 13.1. The van der Waals surface area contributed by atoms with Crippen LogP contribution in [0.2, 0.25) is 13.1 Å². The minimum atomic E-state index is -2.74. The van der Waals surface area contributed by atoms with Crippen LogP contribution in [0.3, 0.4) is 0 Å². The quantitative estimate of drug-likeness (QED) is 0.144. The maximum absolute atomic E-state index is 6.56. The molecular formula is C56H46O2Si. The molecule has 0 saturated heterocycles. The van der Waals surface area contributed by atoms with Crippen molar-refractivity contribution in [3.63, 3.8) is 0 Å². The lowest BCUT2D eigenvalue weighted by Gasteiger charge is -2.33. The minimum absolute atomic E-state index is 0.908. The average Bonchev–Trinajstić information content (AvgIpc) is 4.07. The van der Waals surface area contributed by atoms with Crippen molar-refractivity contribution in [2.45, 2.75) is 40.8 Å². The van der Waals surface area contributed by atoms with Gasteiger partial charge in [-0.05, 0) is 140 Å². The van der Waals surface area contributed by atoms with E-state index in [-0.39, 0.29) is 0 Å². The van der Waals surface area contributed by atoms with Crippen molar-refractivity contribution in [1.29, 1.82) is 0 Å². The number of furan rings is 2. The standard InChI is InChI=1S/C56H46O2Si/c1-35-17-21-45-33-47(49-31-19-37(3)57-49)55(53(45)51(35)43-27-23-41(24-28-43)39-13-9-7-10-14-39)59(5,6)56-48(50-32-20-38(4)58-50)34-46-22-18-36(2)52(54(46)56)44-29-25-42(26-30-44)40-15-11-8-12-16-40/h7-34H,1-6H3. The van der Waals surface area contributed by atoms with Crippen LogP contribution in [0.1, 0.15) is 56.4 Å². The Balaban J connectivity index is 1.21. The Hall–Kier alpha value is -6.42. The second-order valence-corrected chi connectivity index (χ2v) is 20.9. The van der Waals surface area contributed by atoms with Crippen LogP contribution in [-0.4, -0.2) is 8.07 Å². The molecule has 0 spiro atoms. The van der Waals surface area contributed by atoms with Gasteiger partial charge in [-0.2, -0.15) is 0 Å². The van der Waals surface area contributed by atoms with Gasteiger partial charge in [0.1, 0.15) is 31.1 Å². The minimum Gasteiger partial charge on any atom is -0.462 e. The van der Waals surface area contributed by atoms with Crippen LogP contribution in [-0.2, 0) is 0 Å². The highest BCUT2D eigenvalue weighted by atomic mass is 28.3. The summed E-state index contributed by atoms with van der Waals surface area (Å²) in [7, 11) is -2.74. The molecule has 2 aliphatic rings. The molecule has 59 heavy (non-hydrogen) atoms. The fraction of sp³-hybridized carbons (Fsp3) is 0.107. The smallest absolute Gasteiger partial charge is 0.130 e. The maximum Gasteiger partial charge on any atom is 0.130 e. The molecule has 0 saturated carbocycles. The van der Waals surface area contributed by atoms with Gasteiger partial charge < -0.3 is 8.83 Å². The Kier molecular flexibility index (Phi) is 9.03. The Morgan fingerprint density at radius 1 is 0.339 bits per heavy atom. The summed E-state index contributed by atoms with van der Waals surface area (Å²) in [6.45, 7) is 13.7. The largest absolute Gasteiger partial charge is 0.462 e. The van der Waals surface area contributed by atoms with Gasteiger partial charge >= 0.3 is 0 Å². The van der Waals surface area contributed by atoms with E-state index in [4.69, 9.17) is 8.83 Å². The first kappa shape index (κ1) is 36.9. The summed E-state index contributed by atoms with van der Waals surface area (Å²) in [6, 6.07) is 57.3. The van der Waals surface area contributed by atoms with E-state index in [2.05, 4.69) is 198 Å². The summed E-state index contributed by atoms with van der Waals surface area (Å²) >= 11 is 0. The molecule has 0 unspecified atom stereocenters. The molecule has 2 aromatic heterocycles. The molecule has 10 rings (SSSR count). The SMILES string of the molecule is Cc1ccc(C2=C([Si](C)(C)C3=C(c4ccc(C)o4)[CH]c4ccc(C)c(-c5ccc(-c6ccccc6)cc5)c43)c3c(ccc(C)c3-c3ccc(-c4ccccc4)cc3)[CH]2)o1. The second-order valence-electron chi connectivity index (χ2n) is 16.6. The van der Waals surface area contributed by atoms with E-state index >= 15 is 0 Å². The Morgan fingerprint density at radius 2 is 0.695 bits per heavy atom. The lowest BCUT2D eigenvalue weighted by Crippen LogP contribution is -2.31. The number of fused-ring (bicyclic) bond motifs is 2. The Morgan fingerprint density at radius 3 is 1.05 bits per heavy atom. The van der Waals surface area contributed by atoms with Gasteiger partial charge in [0, 0.05) is 24.0 Å². The highest BCUT2D eigenvalue weighted by Gasteiger charge is 2.46. The molecule has 6 aromatic carbocycles. The lowest BCUT2D eigenvalue weighted by molar-refractivity contribution is 0.522. The summed E-state index contributed by atoms with van der Waals surface area (Å²) in [4.78, 5) is 0. The van der Waals surface area contributed by atoms with Gasteiger partial charge in [-0.15, -0.1) is 0 Å². The maximum atomic E-state index is 6.56. The third-order valence-corrected chi connectivity index (χ3v) is 15.9. The molecule has 0 aliphatic heterocycles. The molecule has 0 atom stereocenters. The van der Waals surface area contributed by atoms with Crippen molar-refractivity contribution in [3.8, 4) is 44.5 Å². The van der Waals surface area contributed by atoms with Crippen molar-refractivity contribution in [2.24, 2.45) is 0 Å². The van der Waals surface area contributed by atoms with E-state index in [0.29, 0.717) is 0 Å². The van der Waals surface area contributed by atoms with E-state index in [0.717, 1.165) is 23.0 Å². The molecular weight excluding hydrogens is 733 g/mol. The van der Waals surface area contributed by atoms with Crippen molar-refractivity contribution in [1.82, 2.24) is 0 Å². The van der Waals surface area contributed by atoms with Crippen molar-refractivity contribution >= 4 is 29.6 Å². The predicted molar refractivity (Wildman–Crippen MR) is 249 cm³/mol. The van der Waals surface area contributed by atoms with Crippen LogP contribution in [0.15, 0.2) is 167 Å². The number of aryl methyl sites for hydroxylation is 4. The summed E-state index contributed by atoms with van der Waals surface area (Å²) in [5.41, 5.74) is 19.8. The molecule has 2 nitrogen and oxygen atoms in total. The number of benzene rings is 6. The van der Waals surface area contributed by atoms with Gasteiger partial charge in [0.05, 0.1) is 0 Å². The molecule has 0 bridgehead atoms. The Bertz CT molecular complexity index is 2750. The summed E-state index contributed by atoms with van der Waals surface area (Å²) in [5.74, 6) is 3.64. The average molecular weight is 779 g/mol. The molecule has 3 heteroatoms. The van der Waals surface area contributed by atoms with Crippen LogP contribution in [0.4, 0.5) is 0 Å². The molecule has 2 aliphatic carbocycles. The van der Waals surface area contributed by atoms with Gasteiger partial charge in [0.15, 0.2) is 0 Å². The normalized spacial score (nSPS) is 13.7. The third-order valence-electron chi connectivity index (χ3n) is 12.4. The Labute approximate surface area is 349 Å². The van der Waals surface area contributed by atoms with Gasteiger partial charge in [0.25, 0.3) is 0 Å². The van der Waals surface area contributed by atoms with Crippen LogP contribution in [0.25, 0.3) is 66.0 Å². The van der Waals surface area contributed by atoms with E-state index in [1.54, 1.807) is 0 Å². The van der Waals surface area contributed by atoms with Crippen LogP contribution >= 0.6 is 0 Å². The topological polar surface area (TPSA) is 26.3 Å². The zero-order valence-electron chi connectivity index (χ0n) is 34.5.